The zero-order valence-electron chi connectivity index (χ0n) is 12.2. The van der Waals surface area contributed by atoms with Crippen LogP contribution in [0.5, 0.6) is 0 Å². The molecule has 110 valence electrons. The monoisotopic (exact) mass is 285 g/mol. The molecule has 5 heteroatoms. The Labute approximate surface area is 123 Å². The maximum absolute atomic E-state index is 11.8. The average Bonchev–Trinajstić information content (AvgIpc) is 2.48. The van der Waals surface area contributed by atoms with E-state index in [0.717, 1.165) is 5.56 Å². The molecule has 2 rings (SSSR count). The number of hydrogen-bond acceptors (Lipinski definition) is 3. The Balaban J connectivity index is 2.17. The fourth-order valence-electron chi connectivity index (χ4n) is 1.85. The summed E-state index contributed by atoms with van der Waals surface area (Å²) in [5.74, 6) is 0.207. The van der Waals surface area contributed by atoms with E-state index in [4.69, 9.17) is 0 Å². The summed E-state index contributed by atoms with van der Waals surface area (Å²) in [6.07, 6.45) is 2.87. The topological polar surface area (TPSA) is 64.0 Å². The quantitative estimate of drug-likeness (QED) is 0.909. The fraction of sp³-hybridized carbons (Fsp3) is 0.312. The van der Waals surface area contributed by atoms with Gasteiger partial charge in [0.15, 0.2) is 0 Å². The fourth-order valence-corrected chi connectivity index (χ4v) is 1.85. The van der Waals surface area contributed by atoms with E-state index in [1.165, 1.54) is 10.8 Å². The number of carbonyl (C=O) groups is 1. The molecule has 5 nitrogen and oxygen atoms in total. The molecule has 0 bridgehead atoms. The number of nitrogens with zero attached hydrogens (tertiary/aromatic N) is 2. The molecule has 0 spiro atoms. The van der Waals surface area contributed by atoms with Crippen LogP contribution in [0.4, 0.5) is 0 Å². The van der Waals surface area contributed by atoms with Crippen molar-refractivity contribution >= 4 is 5.91 Å². The van der Waals surface area contributed by atoms with E-state index in [0.29, 0.717) is 18.2 Å². The van der Waals surface area contributed by atoms with E-state index in [1.54, 1.807) is 6.20 Å². The van der Waals surface area contributed by atoms with Crippen molar-refractivity contribution in [3.8, 4) is 11.3 Å². The minimum Gasteiger partial charge on any atom is -0.354 e. The van der Waals surface area contributed by atoms with Crippen molar-refractivity contribution in [2.45, 2.75) is 20.4 Å². The Bertz CT molecular complexity index is 663. The third-order valence-corrected chi connectivity index (χ3v) is 2.97. The number of rotatable bonds is 5. The van der Waals surface area contributed by atoms with Gasteiger partial charge in [-0.15, -0.1) is 0 Å². The van der Waals surface area contributed by atoms with Gasteiger partial charge in [-0.25, -0.2) is 4.98 Å². The molecule has 1 heterocycles. The van der Waals surface area contributed by atoms with Crippen molar-refractivity contribution in [2.24, 2.45) is 5.92 Å². The summed E-state index contributed by atoms with van der Waals surface area (Å²) < 4.78 is 1.38. The highest BCUT2D eigenvalue weighted by molar-refractivity contribution is 5.75. The molecule has 1 aromatic carbocycles. The molecule has 21 heavy (non-hydrogen) atoms. The molecule has 0 aliphatic carbocycles. The molecule has 0 atom stereocenters. The molecule has 0 aliphatic rings. The number of nitrogens with one attached hydrogen (secondary N) is 1. The van der Waals surface area contributed by atoms with Gasteiger partial charge in [0, 0.05) is 18.3 Å². The van der Waals surface area contributed by atoms with Gasteiger partial charge in [-0.2, -0.15) is 0 Å². The number of carbonyl (C=O) groups excluding carboxylic acids is 1. The predicted molar refractivity (Wildman–Crippen MR) is 81.8 cm³/mol. The van der Waals surface area contributed by atoms with Gasteiger partial charge in [0.1, 0.15) is 6.54 Å². The molecule has 0 aliphatic heterocycles. The van der Waals surface area contributed by atoms with E-state index in [2.05, 4.69) is 10.3 Å². The van der Waals surface area contributed by atoms with Gasteiger partial charge in [-0.1, -0.05) is 44.2 Å². The van der Waals surface area contributed by atoms with Crippen molar-refractivity contribution < 1.29 is 4.79 Å². The van der Waals surface area contributed by atoms with E-state index in [-0.39, 0.29) is 18.0 Å². The van der Waals surface area contributed by atoms with E-state index in [9.17, 15) is 9.59 Å². The minimum atomic E-state index is -0.283. The second kappa shape index (κ2) is 6.83. The number of hydrogen-bond donors (Lipinski definition) is 1. The molecule has 0 radical (unpaired) electrons. The lowest BCUT2D eigenvalue weighted by molar-refractivity contribution is -0.121. The van der Waals surface area contributed by atoms with Gasteiger partial charge in [0.05, 0.1) is 11.9 Å². The largest absolute Gasteiger partial charge is 0.354 e. The van der Waals surface area contributed by atoms with Crippen LogP contribution in [0.3, 0.4) is 0 Å². The summed E-state index contributed by atoms with van der Waals surface area (Å²) in [6, 6.07) is 9.55. The molecular weight excluding hydrogens is 266 g/mol. The third kappa shape index (κ3) is 4.27. The molecule has 2 aromatic rings. The number of amides is 1. The Morgan fingerprint density at radius 3 is 2.67 bits per heavy atom. The van der Waals surface area contributed by atoms with Crippen LogP contribution in [0.25, 0.3) is 11.3 Å². The molecule has 0 saturated heterocycles. The zero-order valence-corrected chi connectivity index (χ0v) is 12.2. The summed E-state index contributed by atoms with van der Waals surface area (Å²) in [4.78, 5) is 27.7. The average molecular weight is 285 g/mol. The zero-order chi connectivity index (χ0) is 15.2. The third-order valence-electron chi connectivity index (χ3n) is 2.97. The lowest BCUT2D eigenvalue weighted by atomic mass is 10.2. The Morgan fingerprint density at radius 2 is 2.00 bits per heavy atom. The first-order valence-corrected chi connectivity index (χ1v) is 6.95. The second-order valence-corrected chi connectivity index (χ2v) is 5.30. The predicted octanol–water partition coefficient (Wildman–Crippen LogP) is 1.68. The van der Waals surface area contributed by atoms with Gasteiger partial charge in [-0.3, -0.25) is 9.59 Å². The Morgan fingerprint density at radius 1 is 1.29 bits per heavy atom. The van der Waals surface area contributed by atoms with Crippen molar-refractivity contribution in [2.75, 3.05) is 6.54 Å². The molecule has 1 aromatic heterocycles. The van der Waals surface area contributed by atoms with Crippen LogP contribution in [-0.2, 0) is 11.3 Å². The van der Waals surface area contributed by atoms with E-state index < -0.39 is 0 Å². The standard InChI is InChI=1S/C16H19N3O2/c1-12(2)8-18-15(20)11-19-10-14(17-9-16(19)21)13-6-4-3-5-7-13/h3-7,9-10,12H,8,11H2,1-2H3,(H,18,20). The van der Waals surface area contributed by atoms with Crippen LogP contribution >= 0.6 is 0 Å². The summed E-state index contributed by atoms with van der Waals surface area (Å²) in [5.41, 5.74) is 1.30. The highest BCUT2D eigenvalue weighted by Gasteiger charge is 2.07. The Kier molecular flexibility index (Phi) is 4.87. The summed E-state index contributed by atoms with van der Waals surface area (Å²) in [5, 5.41) is 2.80. The molecule has 0 fully saturated rings. The minimum absolute atomic E-state index is 0.00784. The van der Waals surface area contributed by atoms with Crippen LogP contribution in [0.2, 0.25) is 0 Å². The Hall–Kier alpha value is -2.43. The van der Waals surface area contributed by atoms with Crippen molar-refractivity contribution in [1.29, 1.82) is 0 Å². The smallest absolute Gasteiger partial charge is 0.269 e. The normalized spacial score (nSPS) is 10.6. The van der Waals surface area contributed by atoms with Gasteiger partial charge >= 0.3 is 0 Å². The van der Waals surface area contributed by atoms with E-state index >= 15 is 0 Å². The summed E-state index contributed by atoms with van der Waals surface area (Å²) in [7, 11) is 0. The van der Waals surface area contributed by atoms with Crippen molar-refractivity contribution in [1.82, 2.24) is 14.9 Å². The molecular formula is C16H19N3O2. The molecule has 0 unspecified atom stereocenters. The van der Waals surface area contributed by atoms with E-state index in [1.807, 2.05) is 44.2 Å². The van der Waals surface area contributed by atoms with Crippen LogP contribution in [-0.4, -0.2) is 22.0 Å². The lowest BCUT2D eigenvalue weighted by Gasteiger charge is -2.10. The lowest BCUT2D eigenvalue weighted by Crippen LogP contribution is -2.34. The maximum atomic E-state index is 11.8. The summed E-state index contributed by atoms with van der Waals surface area (Å²) in [6.45, 7) is 4.65. The highest BCUT2D eigenvalue weighted by atomic mass is 16.2. The number of benzene rings is 1. The first-order chi connectivity index (χ1) is 10.1. The molecule has 1 N–H and O–H groups in total. The van der Waals surface area contributed by atoms with Crippen LogP contribution in [0.15, 0.2) is 47.5 Å². The first-order valence-electron chi connectivity index (χ1n) is 6.95. The molecule has 1 amide bonds. The van der Waals surface area contributed by atoms with Gasteiger partial charge in [-0.05, 0) is 5.92 Å². The highest BCUT2D eigenvalue weighted by Crippen LogP contribution is 2.13. The number of aromatic nitrogens is 2. The van der Waals surface area contributed by atoms with Crippen molar-refractivity contribution in [3.05, 3.63) is 53.1 Å². The SMILES string of the molecule is CC(C)CNC(=O)Cn1cc(-c2ccccc2)ncc1=O. The van der Waals surface area contributed by atoms with Gasteiger partial charge in [0.2, 0.25) is 5.91 Å². The van der Waals surface area contributed by atoms with Crippen LogP contribution < -0.4 is 10.9 Å². The van der Waals surface area contributed by atoms with Crippen LogP contribution in [0, 0.1) is 5.92 Å². The second-order valence-electron chi connectivity index (χ2n) is 5.30. The van der Waals surface area contributed by atoms with Gasteiger partial charge in [0.25, 0.3) is 5.56 Å². The van der Waals surface area contributed by atoms with Gasteiger partial charge < -0.3 is 9.88 Å². The maximum Gasteiger partial charge on any atom is 0.269 e. The van der Waals surface area contributed by atoms with Crippen molar-refractivity contribution in [3.63, 3.8) is 0 Å². The molecule has 0 saturated carbocycles. The first kappa shape index (κ1) is 15.0. The van der Waals surface area contributed by atoms with Crippen LogP contribution in [0.1, 0.15) is 13.8 Å². The summed E-state index contributed by atoms with van der Waals surface area (Å²) >= 11 is 0.